The number of halogens is 3. The minimum Gasteiger partial charge on any atom is -0.339 e. The third kappa shape index (κ3) is 3.71. The van der Waals surface area contributed by atoms with E-state index < -0.39 is 22.1 Å². The number of fused-ring (bicyclic) bond motifs is 1. The van der Waals surface area contributed by atoms with Gasteiger partial charge in [0.25, 0.3) is 0 Å². The van der Waals surface area contributed by atoms with Crippen LogP contribution >= 0.6 is 0 Å². The van der Waals surface area contributed by atoms with Crippen LogP contribution < -0.4 is 10.6 Å². The van der Waals surface area contributed by atoms with Crippen LogP contribution in [0.1, 0.15) is 29.3 Å². The summed E-state index contributed by atoms with van der Waals surface area (Å²) < 4.78 is 63.6. The third-order valence-corrected chi connectivity index (χ3v) is 6.98. The van der Waals surface area contributed by atoms with Gasteiger partial charge in [-0.25, -0.2) is 13.1 Å². The SMILES string of the molecule is NCc1ccc(C2CCN(c3nc4n(n3)CCN(S(=O)(=O)C(F)(F)F)C4)C2)cc1. The summed E-state index contributed by atoms with van der Waals surface area (Å²) in [5.41, 5.74) is 2.56. The van der Waals surface area contributed by atoms with Crippen LogP contribution in [0.4, 0.5) is 19.1 Å². The van der Waals surface area contributed by atoms with Crippen LogP contribution in [0.2, 0.25) is 0 Å². The lowest BCUT2D eigenvalue weighted by Crippen LogP contribution is -2.44. The quantitative estimate of drug-likeness (QED) is 0.788. The summed E-state index contributed by atoms with van der Waals surface area (Å²) in [6.45, 7) is 1.21. The van der Waals surface area contributed by atoms with Gasteiger partial charge in [-0.1, -0.05) is 24.3 Å². The highest BCUT2D eigenvalue weighted by Crippen LogP contribution is 2.32. The van der Waals surface area contributed by atoms with E-state index in [1.807, 2.05) is 17.0 Å². The van der Waals surface area contributed by atoms with Crippen molar-refractivity contribution in [2.75, 3.05) is 24.5 Å². The molecule has 1 aromatic carbocycles. The number of nitrogens with zero attached hydrogens (tertiary/aromatic N) is 5. The second-order valence-corrected chi connectivity index (χ2v) is 9.14. The van der Waals surface area contributed by atoms with Gasteiger partial charge >= 0.3 is 15.5 Å². The van der Waals surface area contributed by atoms with E-state index in [9.17, 15) is 21.6 Å². The van der Waals surface area contributed by atoms with Crippen molar-refractivity contribution in [1.82, 2.24) is 19.1 Å². The normalized spacial score (nSPS) is 20.8. The fourth-order valence-electron chi connectivity index (χ4n) is 3.73. The Morgan fingerprint density at radius 2 is 1.86 bits per heavy atom. The van der Waals surface area contributed by atoms with Crippen molar-refractivity contribution < 1.29 is 21.6 Å². The van der Waals surface area contributed by atoms with E-state index in [2.05, 4.69) is 22.2 Å². The van der Waals surface area contributed by atoms with E-state index >= 15 is 0 Å². The van der Waals surface area contributed by atoms with Gasteiger partial charge in [0.1, 0.15) is 5.82 Å². The average molecular weight is 430 g/mol. The first kappa shape index (κ1) is 20.1. The number of benzene rings is 1. The van der Waals surface area contributed by atoms with Crippen LogP contribution in [0.25, 0.3) is 0 Å². The molecule has 0 radical (unpaired) electrons. The van der Waals surface area contributed by atoms with Crippen LogP contribution in [-0.4, -0.2) is 52.6 Å². The number of aromatic nitrogens is 3. The average Bonchev–Trinajstić information content (AvgIpc) is 3.33. The molecule has 0 bridgehead atoms. The van der Waals surface area contributed by atoms with E-state index in [1.54, 1.807) is 0 Å². The lowest BCUT2D eigenvalue weighted by molar-refractivity contribution is -0.0496. The second-order valence-electron chi connectivity index (χ2n) is 7.21. The molecule has 1 atom stereocenters. The number of sulfonamides is 1. The number of rotatable bonds is 4. The van der Waals surface area contributed by atoms with Crippen molar-refractivity contribution in [3.05, 3.63) is 41.2 Å². The van der Waals surface area contributed by atoms with Crippen molar-refractivity contribution in [3.63, 3.8) is 0 Å². The van der Waals surface area contributed by atoms with Gasteiger partial charge in [-0.15, -0.1) is 5.10 Å². The molecular formula is C17H21F3N6O2S. The predicted octanol–water partition coefficient (Wildman–Crippen LogP) is 1.40. The highest BCUT2D eigenvalue weighted by atomic mass is 32.2. The zero-order chi connectivity index (χ0) is 20.8. The summed E-state index contributed by atoms with van der Waals surface area (Å²) in [6.07, 6.45) is 0.903. The highest BCUT2D eigenvalue weighted by Gasteiger charge is 2.50. The molecule has 4 rings (SSSR count). The maximum absolute atomic E-state index is 12.8. The van der Waals surface area contributed by atoms with Gasteiger partial charge in [-0.2, -0.15) is 22.5 Å². The molecule has 3 heterocycles. The smallest absolute Gasteiger partial charge is 0.339 e. The number of anilines is 1. The maximum Gasteiger partial charge on any atom is 0.511 e. The number of hydrogen-bond donors (Lipinski definition) is 1. The Kier molecular flexibility index (Phi) is 5.03. The Hall–Kier alpha value is -2.18. The molecule has 12 heteroatoms. The molecule has 1 saturated heterocycles. The van der Waals surface area contributed by atoms with Crippen molar-refractivity contribution in [2.24, 2.45) is 5.73 Å². The van der Waals surface area contributed by atoms with Crippen LogP contribution in [0.5, 0.6) is 0 Å². The van der Waals surface area contributed by atoms with Crippen molar-refractivity contribution >= 4 is 16.0 Å². The third-order valence-electron chi connectivity index (χ3n) is 5.41. The second kappa shape index (κ2) is 7.26. The maximum atomic E-state index is 12.8. The summed E-state index contributed by atoms with van der Waals surface area (Å²) in [5.74, 6) is 0.937. The highest BCUT2D eigenvalue weighted by molar-refractivity contribution is 7.89. The zero-order valence-corrected chi connectivity index (χ0v) is 16.3. The molecular weight excluding hydrogens is 409 g/mol. The van der Waals surface area contributed by atoms with E-state index in [1.165, 1.54) is 10.2 Å². The number of alkyl halides is 3. The van der Waals surface area contributed by atoms with Gasteiger partial charge in [0.2, 0.25) is 5.95 Å². The Morgan fingerprint density at radius 1 is 1.14 bits per heavy atom. The molecule has 2 aliphatic heterocycles. The summed E-state index contributed by atoms with van der Waals surface area (Å²) in [4.78, 5) is 6.30. The van der Waals surface area contributed by atoms with Gasteiger partial charge in [-0.05, 0) is 17.5 Å². The molecule has 2 aliphatic rings. The first-order valence-corrected chi connectivity index (χ1v) is 10.7. The Morgan fingerprint density at radius 3 is 2.52 bits per heavy atom. The topological polar surface area (TPSA) is 97.3 Å². The van der Waals surface area contributed by atoms with E-state index in [0.29, 0.717) is 29.3 Å². The van der Waals surface area contributed by atoms with Gasteiger partial charge in [0, 0.05) is 32.1 Å². The number of hydrogen-bond acceptors (Lipinski definition) is 6. The Labute approximate surface area is 166 Å². The molecule has 0 aliphatic carbocycles. The molecule has 8 nitrogen and oxygen atoms in total. The molecule has 0 spiro atoms. The Bertz CT molecular complexity index is 990. The fraction of sp³-hybridized carbons (Fsp3) is 0.529. The summed E-state index contributed by atoms with van der Waals surface area (Å²) in [6, 6.07) is 8.12. The lowest BCUT2D eigenvalue weighted by Gasteiger charge is -2.26. The standard InChI is InChI=1S/C17H21F3N6O2S/c18-17(19,20)29(27,28)25-7-8-26-15(11-25)22-16(23-26)24-6-5-14(10-24)13-3-1-12(9-21)2-4-13/h1-4,14H,5-11,21H2. The lowest BCUT2D eigenvalue weighted by atomic mass is 9.97. The summed E-state index contributed by atoms with van der Waals surface area (Å²) >= 11 is 0. The minimum atomic E-state index is -5.37. The summed E-state index contributed by atoms with van der Waals surface area (Å²) in [5, 5.41) is 4.38. The van der Waals surface area contributed by atoms with Crippen LogP contribution in [-0.2, 0) is 29.7 Å². The van der Waals surface area contributed by atoms with Crippen LogP contribution in [0, 0.1) is 0 Å². The van der Waals surface area contributed by atoms with Crippen LogP contribution in [0.15, 0.2) is 24.3 Å². The van der Waals surface area contributed by atoms with E-state index in [-0.39, 0.29) is 18.9 Å². The first-order valence-electron chi connectivity index (χ1n) is 9.23. The van der Waals surface area contributed by atoms with Gasteiger partial charge < -0.3 is 10.6 Å². The molecule has 1 fully saturated rings. The molecule has 1 aromatic heterocycles. The predicted molar refractivity (Wildman–Crippen MR) is 99.3 cm³/mol. The van der Waals surface area contributed by atoms with Gasteiger partial charge in [0.05, 0.1) is 13.1 Å². The monoisotopic (exact) mass is 430 g/mol. The molecule has 1 unspecified atom stereocenters. The van der Waals surface area contributed by atoms with E-state index in [0.717, 1.165) is 18.5 Å². The largest absolute Gasteiger partial charge is 0.511 e. The van der Waals surface area contributed by atoms with Crippen molar-refractivity contribution in [2.45, 2.75) is 37.5 Å². The minimum absolute atomic E-state index is 0.0372. The van der Waals surface area contributed by atoms with Crippen molar-refractivity contribution in [1.29, 1.82) is 0 Å². The van der Waals surface area contributed by atoms with Crippen LogP contribution in [0.3, 0.4) is 0 Å². The molecule has 2 N–H and O–H groups in total. The molecule has 158 valence electrons. The first-order chi connectivity index (χ1) is 13.7. The van der Waals surface area contributed by atoms with Crippen molar-refractivity contribution in [3.8, 4) is 0 Å². The fourth-order valence-corrected chi connectivity index (χ4v) is 4.63. The molecule has 29 heavy (non-hydrogen) atoms. The van der Waals surface area contributed by atoms with E-state index in [4.69, 9.17) is 5.73 Å². The van der Waals surface area contributed by atoms with Gasteiger partial charge in [-0.3, -0.25) is 0 Å². The summed E-state index contributed by atoms with van der Waals surface area (Å²) in [7, 11) is -5.37. The zero-order valence-electron chi connectivity index (χ0n) is 15.5. The Balaban J connectivity index is 1.47. The number of nitrogens with two attached hydrogens (primary N) is 1. The molecule has 0 amide bonds. The molecule has 2 aromatic rings. The molecule has 0 saturated carbocycles. The van der Waals surface area contributed by atoms with Gasteiger partial charge in [0.15, 0.2) is 0 Å².